The number of fused-ring (bicyclic) bond motifs is 1. The smallest absolute Gasteiger partial charge is 0.274 e. The van der Waals surface area contributed by atoms with E-state index in [0.29, 0.717) is 11.7 Å². The fraction of sp³-hybridized carbons (Fsp3) is 0.800. The van der Waals surface area contributed by atoms with E-state index in [1.165, 1.54) is 52.4 Å². The minimum Gasteiger partial charge on any atom is -0.790 e. The third kappa shape index (κ3) is 20.7. The summed E-state index contributed by atoms with van der Waals surface area (Å²) in [5.74, 6) is 0.872. The predicted molar refractivity (Wildman–Crippen MR) is 242 cm³/mol. The Bertz CT molecular complexity index is 2080. The van der Waals surface area contributed by atoms with Crippen molar-refractivity contribution < 1.29 is 80.5 Å². The summed E-state index contributed by atoms with van der Waals surface area (Å²) in [5.41, 5.74) is 4.09. The Morgan fingerprint density at radius 1 is 0.897 bits per heavy atom. The molecule has 390 valence electrons. The number of imidazole rings is 1. The molecular formula is C40H68N7O17P3S-4. The number of nitrogens with two attached hydrogens (primary N) is 1. The van der Waals surface area contributed by atoms with Crippen molar-refractivity contribution in [3.05, 3.63) is 12.7 Å². The maximum absolute atomic E-state index is 12.7. The number of nitrogen functional groups attached to an aromatic ring is 1. The number of carbonyl (C=O) groups is 3. The van der Waals surface area contributed by atoms with Crippen molar-refractivity contribution in [1.29, 1.82) is 0 Å². The number of carbonyl (C=O) groups excluding carboxylic acids is 3. The molecule has 24 nitrogen and oxygen atoms in total. The molecule has 3 rings (SSSR count). The second-order valence-electron chi connectivity index (χ2n) is 18.4. The number of phosphoric acid groups is 3. The van der Waals surface area contributed by atoms with Crippen molar-refractivity contribution in [2.45, 2.75) is 143 Å². The van der Waals surface area contributed by atoms with E-state index in [4.69, 9.17) is 10.5 Å². The summed E-state index contributed by atoms with van der Waals surface area (Å²) in [5, 5.41) is 26.6. The highest BCUT2D eigenvalue weighted by atomic mass is 32.2. The number of anilines is 1. The van der Waals surface area contributed by atoms with Gasteiger partial charge in [0.1, 0.15) is 36.3 Å². The molecular weight excluding hydrogens is 975 g/mol. The highest BCUT2D eigenvalue weighted by molar-refractivity contribution is 8.13. The Hall–Kier alpha value is -2.44. The number of aliphatic hydroxyl groups is 2. The number of nitrogens with one attached hydrogen (secondary N) is 2. The first-order valence-electron chi connectivity index (χ1n) is 22.6. The van der Waals surface area contributed by atoms with Crippen LogP contribution >= 0.6 is 35.2 Å². The molecule has 0 saturated carbocycles. The van der Waals surface area contributed by atoms with E-state index in [1.807, 2.05) is 6.92 Å². The number of rotatable bonds is 32. The van der Waals surface area contributed by atoms with Gasteiger partial charge in [0.15, 0.2) is 22.8 Å². The zero-order valence-corrected chi connectivity index (χ0v) is 43.1. The topological polar surface area (TPSA) is 375 Å². The van der Waals surface area contributed by atoms with Gasteiger partial charge in [-0.05, 0) is 24.2 Å². The molecule has 68 heavy (non-hydrogen) atoms. The maximum Gasteiger partial charge on any atom is 0.274 e. The fourth-order valence-corrected chi connectivity index (χ4v) is 10.8. The second-order valence-corrected chi connectivity index (χ2v) is 23.6. The van der Waals surface area contributed by atoms with Crippen LogP contribution in [-0.4, -0.2) is 103 Å². The Labute approximate surface area is 401 Å². The van der Waals surface area contributed by atoms with Crippen LogP contribution in [0.4, 0.5) is 5.82 Å². The number of aromatic nitrogens is 4. The standard InChI is InChI=1S/C40H72N7O17P3S/c1-25(2)11-8-12-26(3)13-9-14-27(4)15-10-16-28(5)39(52)68-20-19-42-30(48)17-18-43-37(51)34(50)40(6,7)22-61-67(58,59)64-66(56,57)60-21-29-33(63-65(53,54)55)32(49)38(62-29)47-24-46-31-35(41)44-23-45-36(31)47/h23-29,32-34,38,49-50H,8-22H2,1-7H3,(H,42,48)(H,43,51)(H,56,57)(H,58,59)(H2,41,44,45)(H2,53,54,55)/p-4/t26?,27?,28?,29-,32-,33-,34+,38-/m1/s1. The van der Waals surface area contributed by atoms with Crippen LogP contribution in [0.3, 0.4) is 0 Å². The SMILES string of the molecule is CC(C)CCCC(C)CCCC(C)CCCC(C)C(=O)SCCNC(=O)CCNC(=O)[C@H](O)C(C)(C)COP(=O)([O-])OP(=O)([O-])OC[C@H]1O[C@@H](n2cnc3c(N)ncnc32)[C@H](O)[C@@H]1OP(=O)([O-])[O-]. The van der Waals surface area contributed by atoms with E-state index in [2.05, 4.69) is 71.2 Å². The summed E-state index contributed by atoms with van der Waals surface area (Å²) in [7, 11) is -17.6. The number of ether oxygens (including phenoxy) is 1. The lowest BCUT2D eigenvalue weighted by molar-refractivity contribution is -0.347. The van der Waals surface area contributed by atoms with Gasteiger partial charge < -0.3 is 69.0 Å². The molecule has 3 heterocycles. The van der Waals surface area contributed by atoms with Crippen molar-refractivity contribution in [3.63, 3.8) is 0 Å². The van der Waals surface area contributed by atoms with E-state index < -0.39 is 84.6 Å². The molecule has 2 amide bonds. The Morgan fingerprint density at radius 3 is 2.12 bits per heavy atom. The molecule has 10 atom stereocenters. The molecule has 2 aromatic heterocycles. The van der Waals surface area contributed by atoms with Crippen LogP contribution in [0.1, 0.15) is 119 Å². The molecule has 0 aromatic carbocycles. The van der Waals surface area contributed by atoms with Gasteiger partial charge in [-0.1, -0.05) is 112 Å². The van der Waals surface area contributed by atoms with Crippen LogP contribution in [-0.2, 0) is 50.7 Å². The quantitative estimate of drug-likeness (QED) is 0.0518. The van der Waals surface area contributed by atoms with E-state index in [9.17, 15) is 57.9 Å². The molecule has 1 aliphatic rings. The van der Waals surface area contributed by atoms with E-state index >= 15 is 0 Å². The molecule has 1 saturated heterocycles. The number of thioether (sulfide) groups is 1. The maximum atomic E-state index is 12.7. The lowest BCUT2D eigenvalue weighted by Crippen LogP contribution is -2.46. The van der Waals surface area contributed by atoms with Crippen LogP contribution in [0.2, 0.25) is 0 Å². The van der Waals surface area contributed by atoms with Crippen molar-refractivity contribution >= 4 is 69.1 Å². The third-order valence-corrected chi connectivity index (χ3v) is 15.4. The summed E-state index contributed by atoms with van der Waals surface area (Å²) >= 11 is 1.15. The fourth-order valence-electron chi connectivity index (χ4n) is 7.27. The number of phosphoric ester groups is 3. The summed E-state index contributed by atoms with van der Waals surface area (Å²) in [6.45, 7) is 11.2. The molecule has 1 fully saturated rings. The van der Waals surface area contributed by atoms with Crippen LogP contribution in [0, 0.1) is 29.1 Å². The van der Waals surface area contributed by atoms with Crippen molar-refractivity contribution in [2.75, 3.05) is 37.8 Å². The average Bonchev–Trinajstić information content (AvgIpc) is 3.80. The number of hydrogen-bond donors (Lipinski definition) is 5. The van der Waals surface area contributed by atoms with Gasteiger partial charge in [-0.2, -0.15) is 0 Å². The second kappa shape index (κ2) is 27.4. The van der Waals surface area contributed by atoms with Gasteiger partial charge in [-0.3, -0.25) is 28.1 Å². The van der Waals surface area contributed by atoms with Gasteiger partial charge in [0.25, 0.3) is 15.6 Å². The summed E-state index contributed by atoms with van der Waals surface area (Å²) in [6, 6.07) is 0. The van der Waals surface area contributed by atoms with E-state index in [1.54, 1.807) is 0 Å². The van der Waals surface area contributed by atoms with Crippen molar-refractivity contribution in [1.82, 2.24) is 30.2 Å². The van der Waals surface area contributed by atoms with Gasteiger partial charge in [-0.15, -0.1) is 0 Å². The van der Waals surface area contributed by atoms with E-state index in [-0.39, 0.29) is 47.5 Å². The van der Waals surface area contributed by atoms with Crippen molar-refractivity contribution in [2.24, 2.45) is 29.1 Å². The minimum absolute atomic E-state index is 0.0189. The molecule has 0 spiro atoms. The molecule has 1 aliphatic heterocycles. The zero-order valence-electron chi connectivity index (χ0n) is 39.6. The Balaban J connectivity index is 1.34. The number of amides is 2. The number of aliphatic hydroxyl groups excluding tert-OH is 2. The first kappa shape index (κ1) is 59.9. The Morgan fingerprint density at radius 2 is 1.50 bits per heavy atom. The van der Waals surface area contributed by atoms with Gasteiger partial charge in [0.2, 0.25) is 11.8 Å². The monoisotopic (exact) mass is 1040 g/mol. The molecule has 5 unspecified atom stereocenters. The van der Waals surface area contributed by atoms with E-state index in [0.717, 1.165) is 60.1 Å². The highest BCUT2D eigenvalue weighted by Crippen LogP contribution is 2.56. The predicted octanol–water partition coefficient (Wildman–Crippen LogP) is 2.21. The lowest BCUT2D eigenvalue weighted by atomic mass is 9.87. The number of hydrogen-bond acceptors (Lipinski definition) is 22. The van der Waals surface area contributed by atoms with Gasteiger partial charge in [-0.25, -0.2) is 19.3 Å². The summed E-state index contributed by atoms with van der Waals surface area (Å²) < 4.78 is 60.9. The summed E-state index contributed by atoms with van der Waals surface area (Å²) in [4.78, 5) is 97.5. The van der Waals surface area contributed by atoms with Crippen molar-refractivity contribution in [3.8, 4) is 0 Å². The van der Waals surface area contributed by atoms with Crippen LogP contribution < -0.4 is 35.9 Å². The minimum atomic E-state index is -5.92. The third-order valence-electron chi connectivity index (χ3n) is 11.3. The van der Waals surface area contributed by atoms with Crippen LogP contribution in [0.5, 0.6) is 0 Å². The van der Waals surface area contributed by atoms with Gasteiger partial charge in [0, 0.05) is 36.6 Å². The first-order valence-corrected chi connectivity index (χ1v) is 28.0. The largest absolute Gasteiger partial charge is 0.790 e. The molecule has 28 heteroatoms. The molecule has 2 aromatic rings. The number of nitrogens with zero attached hydrogens (tertiary/aromatic N) is 4. The molecule has 6 N–H and O–H groups in total. The molecule has 0 radical (unpaired) electrons. The normalized spacial score (nSPS) is 21.5. The van der Waals surface area contributed by atoms with Gasteiger partial charge >= 0.3 is 0 Å². The zero-order chi connectivity index (χ0) is 51.0. The summed E-state index contributed by atoms with van der Waals surface area (Å²) in [6.07, 6.45) is 2.85. The molecule has 0 aliphatic carbocycles. The Kier molecular flexibility index (Phi) is 24.1. The molecule has 0 bridgehead atoms. The average molecular weight is 1040 g/mol. The highest BCUT2D eigenvalue weighted by Gasteiger charge is 2.47. The first-order chi connectivity index (χ1) is 31.6. The van der Waals surface area contributed by atoms with Crippen LogP contribution in [0.25, 0.3) is 11.2 Å². The van der Waals surface area contributed by atoms with Crippen LogP contribution in [0.15, 0.2) is 12.7 Å². The lowest BCUT2D eigenvalue weighted by Gasteiger charge is -2.36. The van der Waals surface area contributed by atoms with Gasteiger partial charge in [0.05, 0.1) is 27.4 Å².